The minimum Gasteiger partial charge on any atom is -0.355 e. The Morgan fingerprint density at radius 3 is 2.66 bits per heavy atom. The lowest BCUT2D eigenvalue weighted by molar-refractivity contribution is -0.118. The van der Waals surface area contributed by atoms with Gasteiger partial charge in [0.05, 0.1) is 28.4 Å². The number of hydrogen-bond donors (Lipinski definition) is 3. The lowest BCUT2D eigenvalue weighted by atomic mass is 9.89. The highest BCUT2D eigenvalue weighted by Gasteiger charge is 2.21. The molecular formula is C27H34N4O2S2. The lowest BCUT2D eigenvalue weighted by Gasteiger charge is -2.21. The summed E-state index contributed by atoms with van der Waals surface area (Å²) in [5.41, 5.74) is 2.44. The normalized spacial score (nSPS) is 15.1. The van der Waals surface area contributed by atoms with Gasteiger partial charge in [0, 0.05) is 11.4 Å². The molecule has 3 N–H and O–H groups in total. The highest BCUT2D eigenvalue weighted by atomic mass is 32.2. The maximum Gasteiger partial charge on any atom is 0.253 e. The number of carbonyl (C=O) groups is 2. The van der Waals surface area contributed by atoms with Crippen LogP contribution in [0.25, 0.3) is 11.0 Å². The van der Waals surface area contributed by atoms with Crippen LogP contribution >= 0.6 is 23.5 Å². The summed E-state index contributed by atoms with van der Waals surface area (Å²) >= 11 is 3.16. The number of hydrogen-bond acceptors (Lipinski definition) is 5. The van der Waals surface area contributed by atoms with Crippen LogP contribution in [0.4, 0.5) is 0 Å². The van der Waals surface area contributed by atoms with Crippen LogP contribution in [0.5, 0.6) is 0 Å². The third kappa shape index (κ3) is 7.27. The number of imidazole rings is 1. The van der Waals surface area contributed by atoms with Crippen LogP contribution in [0.15, 0.2) is 53.4 Å². The number of para-hydroxylation sites is 2. The molecule has 0 radical (unpaired) electrons. The first kappa shape index (κ1) is 25.6. The molecule has 0 aliphatic heterocycles. The molecule has 6 nitrogen and oxygen atoms in total. The maximum atomic E-state index is 13.3. The molecule has 186 valence electrons. The van der Waals surface area contributed by atoms with Crippen LogP contribution in [-0.2, 0) is 4.79 Å². The average molecular weight is 511 g/mol. The van der Waals surface area contributed by atoms with E-state index < -0.39 is 0 Å². The summed E-state index contributed by atoms with van der Waals surface area (Å²) in [6, 6.07) is 15.2. The second-order valence-corrected chi connectivity index (χ2v) is 11.0. The number of amides is 2. The molecule has 1 fully saturated rings. The number of fused-ring (bicyclic) bond motifs is 1. The second-order valence-electron chi connectivity index (χ2n) is 9.04. The zero-order valence-electron chi connectivity index (χ0n) is 20.2. The van der Waals surface area contributed by atoms with E-state index in [1.807, 2.05) is 48.5 Å². The third-order valence-corrected chi connectivity index (χ3v) is 8.17. The summed E-state index contributed by atoms with van der Waals surface area (Å²) in [7, 11) is 0. The van der Waals surface area contributed by atoms with Gasteiger partial charge in [0.25, 0.3) is 5.91 Å². The van der Waals surface area contributed by atoms with Crippen molar-refractivity contribution < 1.29 is 9.59 Å². The maximum absolute atomic E-state index is 13.3. The van der Waals surface area contributed by atoms with Crippen LogP contribution in [0.1, 0.15) is 60.7 Å². The molecule has 1 atom stereocenters. The van der Waals surface area contributed by atoms with Crippen molar-refractivity contribution in [3.8, 4) is 0 Å². The number of aromatic nitrogens is 2. The summed E-state index contributed by atoms with van der Waals surface area (Å²) < 4.78 is 0. The first-order chi connectivity index (χ1) is 17.1. The molecule has 2 aromatic carbocycles. The Morgan fingerprint density at radius 2 is 1.86 bits per heavy atom. The molecule has 2 amide bonds. The number of benzene rings is 2. The topological polar surface area (TPSA) is 86.9 Å². The fraction of sp³-hybridized carbons (Fsp3) is 0.444. The predicted molar refractivity (Wildman–Crippen MR) is 146 cm³/mol. The van der Waals surface area contributed by atoms with E-state index in [1.165, 1.54) is 43.9 Å². The average Bonchev–Trinajstić information content (AvgIpc) is 3.33. The Labute approximate surface area is 215 Å². The summed E-state index contributed by atoms with van der Waals surface area (Å²) in [6.07, 6.45) is 9.09. The SMILES string of the molecule is CSCCC(NC(=O)c1ccccc1SCC(=O)NCC1CCCCC1)c1nc2ccccc2[nH]1. The van der Waals surface area contributed by atoms with Gasteiger partial charge >= 0.3 is 0 Å². The zero-order chi connectivity index (χ0) is 24.5. The largest absolute Gasteiger partial charge is 0.355 e. The molecule has 8 heteroatoms. The number of H-pyrrole nitrogens is 1. The molecule has 1 aromatic heterocycles. The quantitative estimate of drug-likeness (QED) is 0.293. The zero-order valence-corrected chi connectivity index (χ0v) is 21.9. The van der Waals surface area contributed by atoms with E-state index in [0.29, 0.717) is 17.2 Å². The van der Waals surface area contributed by atoms with Crippen LogP contribution in [0.3, 0.4) is 0 Å². The van der Waals surface area contributed by atoms with E-state index in [2.05, 4.69) is 21.9 Å². The van der Waals surface area contributed by atoms with Gasteiger partial charge in [-0.3, -0.25) is 9.59 Å². The lowest BCUT2D eigenvalue weighted by Crippen LogP contribution is -2.32. The summed E-state index contributed by atoms with van der Waals surface area (Å²) in [6.45, 7) is 0.760. The molecule has 0 spiro atoms. The first-order valence-electron chi connectivity index (χ1n) is 12.4. The fourth-order valence-corrected chi connectivity index (χ4v) is 5.86. The monoisotopic (exact) mass is 510 g/mol. The van der Waals surface area contributed by atoms with Crippen molar-refractivity contribution >= 4 is 46.4 Å². The van der Waals surface area contributed by atoms with Gasteiger partial charge in [-0.05, 0) is 61.5 Å². The van der Waals surface area contributed by atoms with Crippen molar-refractivity contribution in [1.82, 2.24) is 20.6 Å². The van der Waals surface area contributed by atoms with Gasteiger partial charge in [-0.25, -0.2) is 4.98 Å². The molecular weight excluding hydrogens is 476 g/mol. The summed E-state index contributed by atoms with van der Waals surface area (Å²) in [5.74, 6) is 2.45. The van der Waals surface area contributed by atoms with E-state index >= 15 is 0 Å². The van der Waals surface area contributed by atoms with Gasteiger partial charge in [-0.15, -0.1) is 11.8 Å². The smallest absolute Gasteiger partial charge is 0.253 e. The van der Waals surface area contributed by atoms with E-state index in [9.17, 15) is 9.59 Å². The van der Waals surface area contributed by atoms with Crippen LogP contribution in [0.2, 0.25) is 0 Å². The molecule has 3 aromatic rings. The van der Waals surface area contributed by atoms with Crippen LogP contribution in [0, 0.1) is 5.92 Å². The van der Waals surface area contributed by atoms with Crippen molar-refractivity contribution in [3.05, 3.63) is 59.9 Å². The van der Waals surface area contributed by atoms with Crippen molar-refractivity contribution in [2.75, 3.05) is 24.3 Å². The van der Waals surface area contributed by atoms with Gasteiger partial charge in [0.2, 0.25) is 5.91 Å². The highest BCUT2D eigenvalue weighted by Crippen LogP contribution is 2.26. The van der Waals surface area contributed by atoms with Crippen molar-refractivity contribution in [2.45, 2.75) is 49.5 Å². The van der Waals surface area contributed by atoms with E-state index in [0.717, 1.165) is 40.5 Å². The Bertz CT molecular complexity index is 1090. The Kier molecular flexibility index (Phi) is 9.54. The summed E-state index contributed by atoms with van der Waals surface area (Å²) in [4.78, 5) is 34.7. The fourth-order valence-electron chi connectivity index (χ4n) is 4.51. The molecule has 1 aliphatic carbocycles. The molecule has 1 heterocycles. The molecule has 0 bridgehead atoms. The summed E-state index contributed by atoms with van der Waals surface area (Å²) in [5, 5.41) is 6.27. The number of aromatic amines is 1. The molecule has 35 heavy (non-hydrogen) atoms. The number of nitrogens with one attached hydrogen (secondary N) is 3. The van der Waals surface area contributed by atoms with Crippen molar-refractivity contribution in [2.24, 2.45) is 5.92 Å². The standard InChI is InChI=1S/C27H34N4O2S2/c1-34-16-15-23(26-29-21-12-6-7-13-22(21)30-26)31-27(33)20-11-5-8-14-24(20)35-18-25(32)28-17-19-9-3-2-4-10-19/h5-8,11-14,19,23H,2-4,9-10,15-18H2,1H3,(H,28,32)(H,29,30)(H,31,33). The number of rotatable bonds is 11. The Hall–Kier alpha value is -2.45. The number of nitrogens with zero attached hydrogens (tertiary/aromatic N) is 1. The number of thioether (sulfide) groups is 2. The molecule has 4 rings (SSSR count). The van der Waals surface area contributed by atoms with Crippen molar-refractivity contribution in [1.29, 1.82) is 0 Å². The first-order valence-corrected chi connectivity index (χ1v) is 14.7. The van der Waals surface area contributed by atoms with Gasteiger partial charge in [0.15, 0.2) is 0 Å². The minimum atomic E-state index is -0.223. The highest BCUT2D eigenvalue weighted by molar-refractivity contribution is 8.00. The second kappa shape index (κ2) is 13.0. The van der Waals surface area contributed by atoms with Gasteiger partial charge in [0.1, 0.15) is 5.82 Å². The number of carbonyl (C=O) groups excluding carboxylic acids is 2. The molecule has 0 saturated heterocycles. The van der Waals surface area contributed by atoms with E-state index in [4.69, 9.17) is 4.98 Å². The van der Waals surface area contributed by atoms with Gasteiger partial charge in [-0.2, -0.15) is 11.8 Å². The Balaban J connectivity index is 1.39. The molecule has 1 unspecified atom stereocenters. The van der Waals surface area contributed by atoms with Gasteiger partial charge < -0.3 is 15.6 Å². The van der Waals surface area contributed by atoms with E-state index in [-0.39, 0.29) is 17.9 Å². The van der Waals surface area contributed by atoms with Gasteiger partial charge in [-0.1, -0.05) is 43.5 Å². The molecule has 1 aliphatic rings. The van der Waals surface area contributed by atoms with Crippen LogP contribution in [-0.4, -0.2) is 46.1 Å². The van der Waals surface area contributed by atoms with E-state index in [1.54, 1.807) is 11.8 Å². The molecule has 1 saturated carbocycles. The minimum absolute atomic E-state index is 0.0240. The van der Waals surface area contributed by atoms with Crippen LogP contribution < -0.4 is 10.6 Å². The van der Waals surface area contributed by atoms with Crippen molar-refractivity contribution in [3.63, 3.8) is 0 Å². The Morgan fingerprint density at radius 1 is 1.09 bits per heavy atom. The third-order valence-electron chi connectivity index (χ3n) is 6.46. The predicted octanol–water partition coefficient (Wildman–Crippen LogP) is 5.58.